The Kier molecular flexibility index (Phi) is 3.33. The molecule has 0 radical (unpaired) electrons. The number of hydrogen-bond acceptors (Lipinski definition) is 4. The van der Waals surface area contributed by atoms with E-state index < -0.39 is 9.84 Å². The zero-order valence-corrected chi connectivity index (χ0v) is 10.6. The molecule has 2 rings (SSSR count). The highest BCUT2D eigenvalue weighted by Gasteiger charge is 2.28. The number of sulfone groups is 1. The zero-order valence-electron chi connectivity index (χ0n) is 9.80. The Balaban J connectivity index is 2.23. The lowest BCUT2D eigenvalue weighted by molar-refractivity contribution is 0.112. The van der Waals surface area contributed by atoms with E-state index in [9.17, 15) is 13.2 Å². The van der Waals surface area contributed by atoms with Gasteiger partial charge in [0.2, 0.25) is 0 Å². The molecule has 6 heteroatoms. The molecule has 0 N–H and O–H groups in total. The monoisotopic (exact) mass is 256 g/mol. The van der Waals surface area contributed by atoms with Crippen molar-refractivity contribution in [3.63, 3.8) is 0 Å². The fourth-order valence-corrected chi connectivity index (χ4v) is 3.68. The van der Waals surface area contributed by atoms with E-state index in [1.54, 1.807) is 10.9 Å². The largest absolute Gasteiger partial charge is 0.298 e. The summed E-state index contributed by atoms with van der Waals surface area (Å²) in [6, 6.07) is 0. The first-order valence-electron chi connectivity index (χ1n) is 5.78. The van der Waals surface area contributed by atoms with Crippen molar-refractivity contribution in [1.82, 2.24) is 9.78 Å². The Morgan fingerprint density at radius 1 is 1.47 bits per heavy atom. The first-order valence-corrected chi connectivity index (χ1v) is 7.61. The van der Waals surface area contributed by atoms with Gasteiger partial charge >= 0.3 is 0 Å². The lowest BCUT2D eigenvalue weighted by Crippen LogP contribution is -2.23. The van der Waals surface area contributed by atoms with Crippen LogP contribution < -0.4 is 0 Å². The van der Waals surface area contributed by atoms with E-state index in [2.05, 4.69) is 5.10 Å². The number of rotatable bonds is 3. The lowest BCUT2D eigenvalue weighted by Gasteiger charge is -2.20. The second kappa shape index (κ2) is 4.60. The predicted molar refractivity (Wildman–Crippen MR) is 63.9 cm³/mol. The Bertz CT molecular complexity index is 505. The van der Waals surface area contributed by atoms with Crippen molar-refractivity contribution in [3.8, 4) is 0 Å². The minimum atomic E-state index is -2.86. The molecule has 1 aliphatic rings. The SMILES string of the molecule is CCn1cc(C=O)c(C2CCS(=O)(=O)CC2)n1. The molecule has 0 spiro atoms. The van der Waals surface area contributed by atoms with E-state index in [0.29, 0.717) is 24.9 Å². The molecular formula is C11H16N2O3S. The molecule has 1 aliphatic heterocycles. The van der Waals surface area contributed by atoms with Crippen molar-refractivity contribution < 1.29 is 13.2 Å². The molecule has 5 nitrogen and oxygen atoms in total. The topological polar surface area (TPSA) is 69.0 Å². The van der Waals surface area contributed by atoms with Gasteiger partial charge in [0.05, 0.1) is 22.8 Å². The van der Waals surface area contributed by atoms with Gasteiger partial charge in [-0.15, -0.1) is 0 Å². The molecule has 1 saturated heterocycles. The Morgan fingerprint density at radius 2 is 2.12 bits per heavy atom. The number of carbonyl (C=O) groups excluding carboxylic acids is 1. The second-order valence-electron chi connectivity index (χ2n) is 4.37. The van der Waals surface area contributed by atoms with Crippen molar-refractivity contribution in [2.24, 2.45) is 0 Å². The van der Waals surface area contributed by atoms with Crippen molar-refractivity contribution in [2.45, 2.75) is 32.2 Å². The van der Waals surface area contributed by atoms with Gasteiger partial charge in [-0.05, 0) is 19.8 Å². The van der Waals surface area contributed by atoms with Crippen LogP contribution in [0.4, 0.5) is 0 Å². The van der Waals surface area contributed by atoms with Crippen LogP contribution in [0.5, 0.6) is 0 Å². The molecule has 17 heavy (non-hydrogen) atoms. The van der Waals surface area contributed by atoms with Gasteiger partial charge in [0.15, 0.2) is 6.29 Å². The van der Waals surface area contributed by atoms with Crippen molar-refractivity contribution in [2.75, 3.05) is 11.5 Å². The summed E-state index contributed by atoms with van der Waals surface area (Å²) in [6.45, 7) is 2.67. The van der Waals surface area contributed by atoms with Crippen molar-refractivity contribution >= 4 is 16.1 Å². The lowest BCUT2D eigenvalue weighted by atomic mass is 9.96. The Labute approximate surface area is 101 Å². The van der Waals surface area contributed by atoms with Gasteiger partial charge in [-0.1, -0.05) is 0 Å². The summed E-state index contributed by atoms with van der Waals surface area (Å²) in [7, 11) is -2.86. The van der Waals surface area contributed by atoms with Gasteiger partial charge in [0, 0.05) is 18.7 Å². The fraction of sp³-hybridized carbons (Fsp3) is 0.636. The molecule has 0 atom stereocenters. The third-order valence-corrected chi connectivity index (χ3v) is 4.93. The van der Waals surface area contributed by atoms with Gasteiger partial charge < -0.3 is 0 Å². The molecule has 1 fully saturated rings. The minimum Gasteiger partial charge on any atom is -0.298 e. The van der Waals surface area contributed by atoms with Crippen LogP contribution in [0, 0.1) is 0 Å². The van der Waals surface area contributed by atoms with Crippen LogP contribution in [0.15, 0.2) is 6.20 Å². The first kappa shape index (κ1) is 12.3. The maximum atomic E-state index is 11.3. The average Bonchev–Trinajstić information content (AvgIpc) is 2.72. The maximum absolute atomic E-state index is 11.3. The number of aryl methyl sites for hydroxylation is 1. The van der Waals surface area contributed by atoms with E-state index in [1.165, 1.54) is 0 Å². The van der Waals surface area contributed by atoms with Crippen LogP contribution in [0.3, 0.4) is 0 Å². The summed E-state index contributed by atoms with van der Waals surface area (Å²) in [5.41, 5.74) is 1.35. The average molecular weight is 256 g/mol. The standard InChI is InChI=1S/C11H16N2O3S/c1-2-13-7-10(8-14)11(12-13)9-3-5-17(15,16)6-4-9/h7-9H,2-6H2,1H3. The summed E-state index contributed by atoms with van der Waals surface area (Å²) in [5, 5.41) is 4.36. The van der Waals surface area contributed by atoms with Crippen molar-refractivity contribution in [1.29, 1.82) is 0 Å². The van der Waals surface area contributed by atoms with Crippen molar-refractivity contribution in [3.05, 3.63) is 17.5 Å². The molecule has 0 aromatic carbocycles. The number of hydrogen-bond donors (Lipinski definition) is 0. The number of nitrogens with zero attached hydrogens (tertiary/aromatic N) is 2. The minimum absolute atomic E-state index is 0.103. The van der Waals surface area contributed by atoms with E-state index >= 15 is 0 Å². The quantitative estimate of drug-likeness (QED) is 0.757. The molecule has 0 bridgehead atoms. The molecule has 1 aromatic heterocycles. The van der Waals surface area contributed by atoms with Gasteiger partial charge in [-0.25, -0.2) is 8.42 Å². The molecular weight excluding hydrogens is 240 g/mol. The molecule has 0 saturated carbocycles. The summed E-state index contributed by atoms with van der Waals surface area (Å²) in [5.74, 6) is 0.510. The fourth-order valence-electron chi connectivity index (χ4n) is 2.19. The highest BCUT2D eigenvalue weighted by Crippen LogP contribution is 2.29. The summed E-state index contributed by atoms with van der Waals surface area (Å²) >= 11 is 0. The number of aldehydes is 1. The number of aromatic nitrogens is 2. The smallest absolute Gasteiger partial charge is 0.153 e. The van der Waals surface area contributed by atoms with E-state index in [4.69, 9.17) is 0 Å². The van der Waals surface area contributed by atoms with Crippen LogP contribution in [0.25, 0.3) is 0 Å². The molecule has 1 aromatic rings. The molecule has 0 aliphatic carbocycles. The summed E-state index contributed by atoms with van der Waals surface area (Å²) < 4.78 is 24.4. The van der Waals surface area contributed by atoms with Crippen LogP contribution in [0.1, 0.15) is 41.7 Å². The highest BCUT2D eigenvalue weighted by molar-refractivity contribution is 7.91. The second-order valence-corrected chi connectivity index (χ2v) is 6.67. The normalized spacial score (nSPS) is 20.3. The third-order valence-electron chi connectivity index (χ3n) is 3.21. The molecule has 2 heterocycles. The van der Waals surface area contributed by atoms with E-state index in [1.807, 2.05) is 6.92 Å². The highest BCUT2D eigenvalue weighted by atomic mass is 32.2. The predicted octanol–water partition coefficient (Wildman–Crippen LogP) is 1.01. The van der Waals surface area contributed by atoms with Crippen LogP contribution in [0.2, 0.25) is 0 Å². The van der Waals surface area contributed by atoms with E-state index in [-0.39, 0.29) is 17.4 Å². The zero-order chi connectivity index (χ0) is 12.5. The molecule has 0 unspecified atom stereocenters. The van der Waals surface area contributed by atoms with Gasteiger partial charge in [-0.3, -0.25) is 9.48 Å². The molecule has 94 valence electrons. The van der Waals surface area contributed by atoms with Gasteiger partial charge in [0.1, 0.15) is 9.84 Å². The Morgan fingerprint density at radius 3 is 2.65 bits per heavy atom. The van der Waals surface area contributed by atoms with Crippen LogP contribution in [-0.4, -0.2) is 36.0 Å². The maximum Gasteiger partial charge on any atom is 0.153 e. The van der Waals surface area contributed by atoms with Gasteiger partial charge in [0.25, 0.3) is 0 Å². The Hall–Kier alpha value is -1.17. The summed E-state index contributed by atoms with van der Waals surface area (Å²) in [6.07, 6.45) is 3.68. The van der Waals surface area contributed by atoms with Crippen LogP contribution in [-0.2, 0) is 16.4 Å². The first-order chi connectivity index (χ1) is 8.05. The summed E-state index contributed by atoms with van der Waals surface area (Å²) in [4.78, 5) is 11.0. The van der Waals surface area contributed by atoms with Crippen LogP contribution >= 0.6 is 0 Å². The molecule has 0 amide bonds. The van der Waals surface area contributed by atoms with Gasteiger partial charge in [-0.2, -0.15) is 5.10 Å². The number of carbonyl (C=O) groups is 1. The third kappa shape index (κ3) is 2.57. The van der Waals surface area contributed by atoms with E-state index in [0.717, 1.165) is 12.0 Å².